The summed E-state index contributed by atoms with van der Waals surface area (Å²) in [5.74, 6) is 1.53. The van der Waals surface area contributed by atoms with Crippen molar-refractivity contribution in [1.29, 1.82) is 0 Å². The van der Waals surface area contributed by atoms with Crippen LogP contribution in [0.1, 0.15) is 52.7 Å². The zero-order valence-corrected chi connectivity index (χ0v) is 16.8. The van der Waals surface area contributed by atoms with E-state index in [2.05, 4.69) is 88.4 Å². The summed E-state index contributed by atoms with van der Waals surface area (Å²) in [5.41, 5.74) is 2.88. The third kappa shape index (κ3) is 15.3. The molecule has 136 valence electrons. The minimum atomic E-state index is 0.766. The highest BCUT2D eigenvalue weighted by molar-refractivity contribution is 5.15. The summed E-state index contributed by atoms with van der Waals surface area (Å²) in [5, 5.41) is 7.00. The Bertz CT molecular complexity index is 400. The first-order valence-corrected chi connectivity index (χ1v) is 9.10. The van der Waals surface area contributed by atoms with Gasteiger partial charge in [-0.3, -0.25) is 0 Å². The maximum atomic E-state index is 7.00. The summed E-state index contributed by atoms with van der Waals surface area (Å²) in [6.45, 7) is 13.0. The fourth-order valence-corrected chi connectivity index (χ4v) is 2.17. The molecule has 1 nitrogen and oxygen atoms in total. The smallest absolute Gasteiger partial charge is 0.0319 e. The zero-order valence-electron chi connectivity index (χ0n) is 16.8. The van der Waals surface area contributed by atoms with Gasteiger partial charge in [0.25, 0.3) is 0 Å². The van der Waals surface area contributed by atoms with E-state index < -0.39 is 0 Å². The Morgan fingerprint density at radius 1 is 0.583 bits per heavy atom. The van der Waals surface area contributed by atoms with E-state index in [0.717, 1.165) is 18.9 Å². The number of hydrogen-bond acceptors (Lipinski definition) is 1. The highest BCUT2D eigenvalue weighted by Crippen LogP contribution is 2.06. The van der Waals surface area contributed by atoms with E-state index >= 15 is 0 Å². The molecular weight excluding hydrogens is 292 g/mol. The molecule has 1 heteroatoms. The molecule has 1 N–H and O–H groups in total. The van der Waals surface area contributed by atoms with Crippen LogP contribution in [0.15, 0.2) is 60.7 Å². The standard InChI is InChI=1S/2C10H14.C2H6.CH4O/c2*1-9(2)8-10-6-4-3-5-7-10;2*1-2/h2*3-7,9H,8H2,1-2H3;1-2H3;2H,1H3. The van der Waals surface area contributed by atoms with Crippen LogP contribution in [-0.2, 0) is 12.8 Å². The number of rotatable bonds is 4. The van der Waals surface area contributed by atoms with Gasteiger partial charge < -0.3 is 5.11 Å². The van der Waals surface area contributed by atoms with E-state index in [1.807, 2.05) is 13.8 Å². The van der Waals surface area contributed by atoms with Gasteiger partial charge in [0.2, 0.25) is 0 Å². The summed E-state index contributed by atoms with van der Waals surface area (Å²) in [6.07, 6.45) is 2.39. The van der Waals surface area contributed by atoms with Crippen LogP contribution in [0.3, 0.4) is 0 Å². The Balaban J connectivity index is 0. The van der Waals surface area contributed by atoms with Gasteiger partial charge in [0.15, 0.2) is 0 Å². The van der Waals surface area contributed by atoms with Crippen molar-refractivity contribution in [3.8, 4) is 0 Å². The molecule has 2 aromatic carbocycles. The minimum Gasteiger partial charge on any atom is -0.400 e. The topological polar surface area (TPSA) is 20.2 Å². The van der Waals surface area contributed by atoms with Gasteiger partial charge in [0.05, 0.1) is 0 Å². The molecule has 0 heterocycles. The quantitative estimate of drug-likeness (QED) is 0.687. The maximum Gasteiger partial charge on any atom is 0.0319 e. The van der Waals surface area contributed by atoms with E-state index in [1.54, 1.807) is 0 Å². The Kier molecular flexibility index (Phi) is 18.2. The number of benzene rings is 2. The molecule has 2 aromatic rings. The lowest BCUT2D eigenvalue weighted by Crippen LogP contribution is -1.92. The van der Waals surface area contributed by atoms with Crippen molar-refractivity contribution in [3.63, 3.8) is 0 Å². The van der Waals surface area contributed by atoms with Crippen molar-refractivity contribution >= 4 is 0 Å². The van der Waals surface area contributed by atoms with Gasteiger partial charge in [-0.15, -0.1) is 0 Å². The van der Waals surface area contributed by atoms with E-state index in [0.29, 0.717) is 0 Å². The van der Waals surface area contributed by atoms with Gasteiger partial charge in [-0.25, -0.2) is 0 Å². The molecule has 0 aliphatic carbocycles. The third-order valence-corrected chi connectivity index (χ3v) is 2.97. The Morgan fingerprint density at radius 3 is 1.04 bits per heavy atom. The predicted molar refractivity (Wildman–Crippen MR) is 109 cm³/mol. The average molecular weight is 331 g/mol. The molecule has 0 aliphatic heterocycles. The van der Waals surface area contributed by atoms with Crippen LogP contribution in [0.2, 0.25) is 0 Å². The van der Waals surface area contributed by atoms with Crippen molar-refractivity contribution in [3.05, 3.63) is 71.8 Å². The lowest BCUT2D eigenvalue weighted by atomic mass is 10.0. The molecule has 0 fully saturated rings. The normalized spacial score (nSPS) is 9.08. The lowest BCUT2D eigenvalue weighted by molar-refractivity contribution is 0.399. The molecule has 0 unspecified atom stereocenters. The third-order valence-electron chi connectivity index (χ3n) is 2.97. The average Bonchev–Trinajstić information content (AvgIpc) is 2.60. The van der Waals surface area contributed by atoms with E-state index in [4.69, 9.17) is 5.11 Å². The summed E-state index contributed by atoms with van der Waals surface area (Å²) < 4.78 is 0. The summed E-state index contributed by atoms with van der Waals surface area (Å²) in [6, 6.07) is 21.2. The first-order chi connectivity index (χ1) is 11.6. The van der Waals surface area contributed by atoms with Crippen LogP contribution in [0.4, 0.5) is 0 Å². The van der Waals surface area contributed by atoms with Gasteiger partial charge in [0.1, 0.15) is 0 Å². The molecule has 0 aromatic heterocycles. The maximum absolute atomic E-state index is 7.00. The first-order valence-electron chi connectivity index (χ1n) is 9.10. The highest BCUT2D eigenvalue weighted by Gasteiger charge is 1.94. The van der Waals surface area contributed by atoms with Crippen molar-refractivity contribution in [2.75, 3.05) is 7.11 Å². The monoisotopic (exact) mass is 330 g/mol. The molecular formula is C23H38O. The zero-order chi connectivity index (χ0) is 18.8. The second-order valence-corrected chi connectivity index (χ2v) is 6.17. The van der Waals surface area contributed by atoms with Crippen LogP contribution in [0.5, 0.6) is 0 Å². The van der Waals surface area contributed by atoms with Crippen LogP contribution in [0, 0.1) is 11.8 Å². The molecule has 0 radical (unpaired) electrons. The second kappa shape index (κ2) is 17.7. The van der Waals surface area contributed by atoms with Crippen LogP contribution in [0.25, 0.3) is 0 Å². The Labute approximate surface area is 150 Å². The van der Waals surface area contributed by atoms with E-state index in [-0.39, 0.29) is 0 Å². The lowest BCUT2D eigenvalue weighted by Gasteiger charge is -2.02. The number of hydrogen-bond donors (Lipinski definition) is 1. The van der Waals surface area contributed by atoms with Crippen molar-refractivity contribution < 1.29 is 5.11 Å². The van der Waals surface area contributed by atoms with Gasteiger partial charge in [-0.1, -0.05) is 102 Å². The molecule has 0 spiro atoms. The van der Waals surface area contributed by atoms with Gasteiger partial charge in [-0.2, -0.15) is 0 Å². The van der Waals surface area contributed by atoms with Crippen molar-refractivity contribution in [1.82, 2.24) is 0 Å². The molecule has 0 aliphatic rings. The first kappa shape index (κ1) is 24.6. The predicted octanol–water partition coefficient (Wildman–Crippen LogP) is 6.40. The fourth-order valence-electron chi connectivity index (χ4n) is 2.17. The summed E-state index contributed by atoms with van der Waals surface area (Å²) in [7, 11) is 1.00. The fraction of sp³-hybridized carbons (Fsp3) is 0.478. The molecule has 0 atom stereocenters. The highest BCUT2D eigenvalue weighted by atomic mass is 16.2. The van der Waals surface area contributed by atoms with Gasteiger partial charge >= 0.3 is 0 Å². The molecule has 24 heavy (non-hydrogen) atoms. The number of aliphatic hydroxyl groups is 1. The van der Waals surface area contributed by atoms with Crippen molar-refractivity contribution in [2.24, 2.45) is 11.8 Å². The van der Waals surface area contributed by atoms with Crippen LogP contribution in [-0.4, -0.2) is 12.2 Å². The molecule has 0 saturated carbocycles. The minimum absolute atomic E-state index is 0.766. The molecule has 0 bridgehead atoms. The van der Waals surface area contributed by atoms with Crippen molar-refractivity contribution in [2.45, 2.75) is 54.4 Å². The molecule has 2 rings (SSSR count). The summed E-state index contributed by atoms with van der Waals surface area (Å²) >= 11 is 0. The number of aliphatic hydroxyl groups excluding tert-OH is 1. The Morgan fingerprint density at radius 2 is 0.833 bits per heavy atom. The second-order valence-electron chi connectivity index (χ2n) is 6.17. The van der Waals surface area contributed by atoms with Crippen LogP contribution >= 0.6 is 0 Å². The van der Waals surface area contributed by atoms with Gasteiger partial charge in [0, 0.05) is 7.11 Å². The SMILES string of the molecule is CC.CC(C)Cc1ccccc1.CC(C)Cc1ccccc1.CO. The largest absolute Gasteiger partial charge is 0.400 e. The Hall–Kier alpha value is -1.60. The van der Waals surface area contributed by atoms with Crippen LogP contribution < -0.4 is 0 Å². The van der Waals surface area contributed by atoms with E-state index in [1.165, 1.54) is 24.0 Å². The van der Waals surface area contributed by atoms with E-state index in [9.17, 15) is 0 Å². The molecule has 0 amide bonds. The van der Waals surface area contributed by atoms with Gasteiger partial charge in [-0.05, 0) is 35.8 Å². The molecule has 0 saturated heterocycles. The summed E-state index contributed by atoms with van der Waals surface area (Å²) in [4.78, 5) is 0.